The van der Waals surface area contributed by atoms with E-state index in [2.05, 4.69) is 0 Å². The van der Waals surface area contributed by atoms with Crippen molar-refractivity contribution in [3.05, 3.63) is 17.7 Å². The van der Waals surface area contributed by atoms with Gasteiger partial charge in [-0.2, -0.15) is 16.1 Å². The third-order valence-electron chi connectivity index (χ3n) is 3.56. The number of nitrogens with zero attached hydrogens (tertiary/aromatic N) is 1. The van der Waals surface area contributed by atoms with E-state index in [1.807, 2.05) is 32.5 Å². The van der Waals surface area contributed by atoms with Gasteiger partial charge in [0, 0.05) is 29.3 Å². The highest BCUT2D eigenvalue weighted by molar-refractivity contribution is 8.00. The van der Waals surface area contributed by atoms with Gasteiger partial charge >= 0.3 is 0 Å². The van der Waals surface area contributed by atoms with Gasteiger partial charge in [-0.3, -0.25) is 0 Å². The van der Waals surface area contributed by atoms with Crippen LogP contribution in [0, 0.1) is 6.92 Å². The molecule has 0 radical (unpaired) electrons. The maximum atomic E-state index is 12.9. The molecule has 7 heteroatoms. The largest absolute Gasteiger partial charge is 0.495 e. The van der Waals surface area contributed by atoms with Crippen molar-refractivity contribution in [2.45, 2.75) is 36.2 Å². The number of hydrogen-bond acceptors (Lipinski definition) is 5. The molecule has 2 atom stereocenters. The van der Waals surface area contributed by atoms with Gasteiger partial charge in [0.1, 0.15) is 10.6 Å². The molecule has 1 aromatic rings. The smallest absolute Gasteiger partial charge is 0.246 e. The van der Waals surface area contributed by atoms with Crippen molar-refractivity contribution in [2.75, 3.05) is 25.9 Å². The highest BCUT2D eigenvalue weighted by Gasteiger charge is 2.34. The Balaban J connectivity index is 2.46. The summed E-state index contributed by atoms with van der Waals surface area (Å²) in [5, 5.41) is 0.551. The summed E-state index contributed by atoms with van der Waals surface area (Å²) in [6, 6.07) is 3.17. The molecule has 1 aromatic carbocycles. The number of thioether (sulfide) groups is 1. The monoisotopic (exact) mass is 330 g/mol. The molecular weight excluding hydrogens is 308 g/mol. The zero-order valence-corrected chi connectivity index (χ0v) is 14.4. The number of nitrogens with two attached hydrogens (primary N) is 1. The summed E-state index contributed by atoms with van der Waals surface area (Å²) in [4.78, 5) is 0.152. The average Bonchev–Trinajstić information content (AvgIpc) is 2.40. The lowest BCUT2D eigenvalue weighted by molar-refractivity contribution is 0.385. The van der Waals surface area contributed by atoms with Crippen molar-refractivity contribution in [3.63, 3.8) is 0 Å². The van der Waals surface area contributed by atoms with E-state index in [1.165, 1.54) is 17.5 Å². The summed E-state index contributed by atoms with van der Waals surface area (Å²) in [6.07, 6.45) is 0. The fraction of sp³-hybridized carbons (Fsp3) is 0.571. The van der Waals surface area contributed by atoms with Crippen molar-refractivity contribution in [3.8, 4) is 5.75 Å². The predicted molar refractivity (Wildman–Crippen MR) is 87.4 cm³/mol. The van der Waals surface area contributed by atoms with Crippen LogP contribution in [0.3, 0.4) is 0 Å². The van der Waals surface area contributed by atoms with Crippen molar-refractivity contribution < 1.29 is 13.2 Å². The molecule has 5 nitrogen and oxygen atoms in total. The molecule has 2 rings (SSSR count). The second-order valence-electron chi connectivity index (χ2n) is 5.44. The Hall–Kier alpha value is -0.920. The first-order valence-corrected chi connectivity index (χ1v) is 9.23. The van der Waals surface area contributed by atoms with Crippen LogP contribution >= 0.6 is 11.8 Å². The lowest BCUT2D eigenvalue weighted by atomic mass is 10.2. The molecule has 2 N–H and O–H groups in total. The first-order chi connectivity index (χ1) is 9.75. The standard InChI is InChI=1S/C14H22N2O3S2/c1-9-5-13(19-4)14(6-12(9)15)21(17,18)16-7-10(2)20-11(3)8-16/h5-6,10-11H,7-8,15H2,1-4H3. The average molecular weight is 330 g/mol. The molecule has 1 heterocycles. The minimum absolute atomic E-state index is 0.152. The number of ether oxygens (including phenoxy) is 1. The molecule has 0 saturated carbocycles. The zero-order valence-electron chi connectivity index (χ0n) is 12.8. The van der Waals surface area contributed by atoms with Crippen LogP contribution in [-0.4, -0.2) is 43.4 Å². The lowest BCUT2D eigenvalue weighted by Crippen LogP contribution is -2.44. The van der Waals surface area contributed by atoms with E-state index in [0.717, 1.165) is 5.56 Å². The van der Waals surface area contributed by atoms with Crippen molar-refractivity contribution in [1.29, 1.82) is 0 Å². The Labute approximate surface area is 130 Å². The van der Waals surface area contributed by atoms with E-state index >= 15 is 0 Å². The summed E-state index contributed by atoms with van der Waals surface area (Å²) in [5.74, 6) is 0.347. The lowest BCUT2D eigenvalue weighted by Gasteiger charge is -2.34. The van der Waals surface area contributed by atoms with Crippen molar-refractivity contribution in [1.82, 2.24) is 4.31 Å². The second-order valence-corrected chi connectivity index (χ2v) is 9.23. The summed E-state index contributed by atoms with van der Waals surface area (Å²) < 4.78 is 32.6. The second kappa shape index (κ2) is 6.06. The van der Waals surface area contributed by atoms with Gasteiger partial charge in [-0.15, -0.1) is 0 Å². The SMILES string of the molecule is COc1cc(C)c(N)cc1S(=O)(=O)N1CC(C)SC(C)C1. The number of anilines is 1. The Kier molecular flexibility index (Phi) is 4.75. The quantitative estimate of drug-likeness (QED) is 0.859. The van der Waals surface area contributed by atoms with E-state index in [0.29, 0.717) is 24.5 Å². The number of sulfonamides is 1. The maximum absolute atomic E-state index is 12.9. The topological polar surface area (TPSA) is 72.6 Å². The molecule has 0 aromatic heterocycles. The summed E-state index contributed by atoms with van der Waals surface area (Å²) >= 11 is 1.81. The number of nitrogen functional groups attached to an aromatic ring is 1. The van der Waals surface area contributed by atoms with E-state index in [9.17, 15) is 8.42 Å². The summed E-state index contributed by atoms with van der Waals surface area (Å²) in [7, 11) is -2.12. The molecule has 1 aliphatic rings. The van der Waals surface area contributed by atoms with E-state index in [1.54, 1.807) is 6.07 Å². The molecule has 1 fully saturated rings. The molecule has 0 bridgehead atoms. The molecule has 1 aliphatic heterocycles. The highest BCUT2D eigenvalue weighted by Crippen LogP contribution is 2.34. The minimum atomic E-state index is -3.59. The van der Waals surface area contributed by atoms with E-state index < -0.39 is 10.0 Å². The Morgan fingerprint density at radius 2 is 1.86 bits per heavy atom. The molecule has 21 heavy (non-hydrogen) atoms. The first-order valence-electron chi connectivity index (χ1n) is 6.85. The van der Waals surface area contributed by atoms with Gasteiger partial charge in [0.2, 0.25) is 10.0 Å². The molecule has 0 spiro atoms. The Morgan fingerprint density at radius 3 is 2.38 bits per heavy atom. The molecule has 1 saturated heterocycles. The number of rotatable bonds is 3. The molecule has 0 aliphatic carbocycles. The molecule has 0 amide bonds. The van der Waals surface area contributed by atoms with Gasteiger partial charge < -0.3 is 10.5 Å². The molecule has 118 valence electrons. The first kappa shape index (κ1) is 16.5. The van der Waals surface area contributed by atoms with Crippen molar-refractivity contribution in [2.24, 2.45) is 0 Å². The Bertz CT molecular complexity index is 621. The van der Waals surface area contributed by atoms with Gasteiger partial charge in [-0.05, 0) is 24.6 Å². The minimum Gasteiger partial charge on any atom is -0.495 e. The Morgan fingerprint density at radius 1 is 1.29 bits per heavy atom. The van der Waals surface area contributed by atoms with Gasteiger partial charge in [-0.25, -0.2) is 8.42 Å². The van der Waals surface area contributed by atoms with Crippen LogP contribution in [0.1, 0.15) is 19.4 Å². The van der Waals surface area contributed by atoms with Crippen LogP contribution in [0.4, 0.5) is 5.69 Å². The van der Waals surface area contributed by atoms with Gasteiger partial charge in [0.15, 0.2) is 0 Å². The van der Waals surface area contributed by atoms with Crippen LogP contribution in [0.15, 0.2) is 17.0 Å². The van der Waals surface area contributed by atoms with Gasteiger partial charge in [0.05, 0.1) is 7.11 Å². The number of methoxy groups -OCH3 is 1. The fourth-order valence-electron chi connectivity index (χ4n) is 2.50. The van der Waals surface area contributed by atoms with Crippen LogP contribution in [-0.2, 0) is 10.0 Å². The summed E-state index contributed by atoms with van der Waals surface area (Å²) in [5.41, 5.74) is 7.15. The third kappa shape index (κ3) is 3.30. The van der Waals surface area contributed by atoms with Crippen LogP contribution < -0.4 is 10.5 Å². The highest BCUT2D eigenvalue weighted by atomic mass is 32.2. The van der Waals surface area contributed by atoms with Gasteiger partial charge in [0.25, 0.3) is 0 Å². The normalized spacial score (nSPS) is 24.0. The van der Waals surface area contributed by atoms with Gasteiger partial charge in [-0.1, -0.05) is 13.8 Å². The van der Waals surface area contributed by atoms with E-state index in [4.69, 9.17) is 10.5 Å². The maximum Gasteiger partial charge on any atom is 0.246 e. The van der Waals surface area contributed by atoms with Crippen LogP contribution in [0.2, 0.25) is 0 Å². The third-order valence-corrected chi connectivity index (χ3v) is 6.64. The molecule has 2 unspecified atom stereocenters. The fourth-order valence-corrected chi connectivity index (χ4v) is 5.81. The van der Waals surface area contributed by atoms with Crippen LogP contribution in [0.25, 0.3) is 0 Å². The number of hydrogen-bond donors (Lipinski definition) is 1. The number of benzene rings is 1. The summed E-state index contributed by atoms with van der Waals surface area (Å²) in [6.45, 7) is 6.94. The zero-order chi connectivity index (χ0) is 15.8. The molecular formula is C14H22N2O3S2. The van der Waals surface area contributed by atoms with Crippen LogP contribution in [0.5, 0.6) is 5.75 Å². The number of aryl methyl sites for hydroxylation is 1. The predicted octanol–water partition coefficient (Wildman–Crippen LogP) is 2.10. The van der Waals surface area contributed by atoms with E-state index in [-0.39, 0.29) is 15.4 Å². The van der Waals surface area contributed by atoms with Crippen molar-refractivity contribution >= 4 is 27.5 Å².